The van der Waals surface area contributed by atoms with Gasteiger partial charge in [0.2, 0.25) is 5.95 Å². The number of piperazine rings is 1. The van der Waals surface area contributed by atoms with Crippen molar-refractivity contribution in [2.24, 2.45) is 0 Å². The van der Waals surface area contributed by atoms with Crippen LogP contribution in [0, 0.1) is 0 Å². The number of aryl methyl sites for hydroxylation is 1. The van der Waals surface area contributed by atoms with Gasteiger partial charge in [0.15, 0.2) is 0 Å². The minimum Gasteiger partial charge on any atom is -0.383 e. The number of fused-ring (bicyclic) bond motifs is 1. The topological polar surface area (TPSA) is 58.3 Å². The van der Waals surface area contributed by atoms with Crippen LogP contribution < -0.4 is 10.6 Å². The Labute approximate surface area is 102 Å². The summed E-state index contributed by atoms with van der Waals surface area (Å²) in [6, 6.07) is 0. The third-order valence-electron chi connectivity index (χ3n) is 3.74. The van der Waals surface area contributed by atoms with E-state index in [9.17, 15) is 0 Å². The van der Waals surface area contributed by atoms with E-state index in [1.54, 1.807) is 0 Å². The molecule has 1 aliphatic carbocycles. The van der Waals surface area contributed by atoms with Crippen LogP contribution in [0.1, 0.15) is 17.7 Å². The summed E-state index contributed by atoms with van der Waals surface area (Å²) >= 11 is 0. The zero-order valence-corrected chi connectivity index (χ0v) is 10.3. The second-order valence-corrected chi connectivity index (χ2v) is 4.98. The van der Waals surface area contributed by atoms with E-state index in [0.29, 0.717) is 5.82 Å². The first-order valence-corrected chi connectivity index (χ1v) is 6.33. The van der Waals surface area contributed by atoms with Crippen LogP contribution in [0.3, 0.4) is 0 Å². The number of hydrogen-bond acceptors (Lipinski definition) is 5. The number of anilines is 2. The number of nitrogens with zero attached hydrogens (tertiary/aromatic N) is 4. The van der Waals surface area contributed by atoms with Crippen LogP contribution in [-0.4, -0.2) is 48.1 Å². The van der Waals surface area contributed by atoms with Crippen LogP contribution in [0.25, 0.3) is 0 Å². The molecule has 1 fully saturated rings. The normalized spacial score (nSPS) is 20.6. The molecule has 17 heavy (non-hydrogen) atoms. The van der Waals surface area contributed by atoms with Gasteiger partial charge in [0.25, 0.3) is 0 Å². The van der Waals surface area contributed by atoms with Crippen LogP contribution in [0.5, 0.6) is 0 Å². The molecule has 1 aromatic rings. The van der Waals surface area contributed by atoms with Gasteiger partial charge in [-0.2, -0.15) is 4.98 Å². The predicted molar refractivity (Wildman–Crippen MR) is 68.2 cm³/mol. The van der Waals surface area contributed by atoms with E-state index in [0.717, 1.165) is 45.0 Å². The van der Waals surface area contributed by atoms with E-state index >= 15 is 0 Å². The minimum absolute atomic E-state index is 0.696. The Balaban J connectivity index is 1.86. The zero-order valence-electron chi connectivity index (χ0n) is 10.3. The lowest BCUT2D eigenvalue weighted by atomic mass is 10.2. The molecule has 0 aromatic carbocycles. The second-order valence-electron chi connectivity index (χ2n) is 4.98. The number of rotatable bonds is 1. The lowest BCUT2D eigenvalue weighted by Crippen LogP contribution is -2.45. The highest BCUT2D eigenvalue weighted by Gasteiger charge is 2.22. The highest BCUT2D eigenvalue weighted by atomic mass is 15.3. The van der Waals surface area contributed by atoms with Gasteiger partial charge >= 0.3 is 0 Å². The van der Waals surface area contributed by atoms with Crippen molar-refractivity contribution in [3.05, 3.63) is 11.3 Å². The number of hydrogen-bond donors (Lipinski definition) is 1. The Morgan fingerprint density at radius 1 is 1.06 bits per heavy atom. The van der Waals surface area contributed by atoms with E-state index in [-0.39, 0.29) is 0 Å². The first kappa shape index (κ1) is 10.8. The van der Waals surface area contributed by atoms with E-state index < -0.39 is 0 Å². The molecule has 0 spiro atoms. The van der Waals surface area contributed by atoms with Gasteiger partial charge in [-0.25, -0.2) is 4.98 Å². The Kier molecular flexibility index (Phi) is 2.63. The van der Waals surface area contributed by atoms with Gasteiger partial charge in [0, 0.05) is 31.7 Å². The summed E-state index contributed by atoms with van der Waals surface area (Å²) in [6.45, 7) is 4.13. The summed E-state index contributed by atoms with van der Waals surface area (Å²) in [5, 5.41) is 0. The largest absolute Gasteiger partial charge is 0.383 e. The van der Waals surface area contributed by atoms with E-state index in [4.69, 9.17) is 5.73 Å². The molecule has 2 N–H and O–H groups in total. The Hall–Kier alpha value is -1.36. The van der Waals surface area contributed by atoms with Crippen molar-refractivity contribution in [3.63, 3.8) is 0 Å². The smallest absolute Gasteiger partial charge is 0.227 e. The fourth-order valence-electron chi connectivity index (χ4n) is 2.60. The van der Waals surface area contributed by atoms with Gasteiger partial charge < -0.3 is 15.5 Å². The first-order valence-electron chi connectivity index (χ1n) is 6.33. The van der Waals surface area contributed by atoms with Gasteiger partial charge in [-0.1, -0.05) is 0 Å². The molecule has 2 aliphatic rings. The van der Waals surface area contributed by atoms with Gasteiger partial charge in [-0.15, -0.1) is 0 Å². The van der Waals surface area contributed by atoms with Crippen molar-refractivity contribution < 1.29 is 0 Å². The molecule has 3 rings (SSSR count). The van der Waals surface area contributed by atoms with Crippen LogP contribution >= 0.6 is 0 Å². The highest BCUT2D eigenvalue weighted by Crippen LogP contribution is 2.26. The van der Waals surface area contributed by atoms with E-state index in [2.05, 4.69) is 26.8 Å². The van der Waals surface area contributed by atoms with Crippen molar-refractivity contribution in [1.29, 1.82) is 0 Å². The van der Waals surface area contributed by atoms with Gasteiger partial charge in [0.05, 0.1) is 5.69 Å². The zero-order chi connectivity index (χ0) is 11.8. The Bertz CT molecular complexity index is 423. The molecule has 5 heteroatoms. The molecule has 0 amide bonds. The molecule has 92 valence electrons. The third-order valence-corrected chi connectivity index (χ3v) is 3.74. The lowest BCUT2D eigenvalue weighted by Gasteiger charge is -2.32. The van der Waals surface area contributed by atoms with Crippen LogP contribution in [0.15, 0.2) is 0 Å². The van der Waals surface area contributed by atoms with Gasteiger partial charge in [-0.05, 0) is 26.3 Å². The quantitative estimate of drug-likeness (QED) is 0.756. The summed E-state index contributed by atoms with van der Waals surface area (Å²) in [5.41, 5.74) is 8.37. The maximum absolute atomic E-state index is 6.02. The van der Waals surface area contributed by atoms with Crippen molar-refractivity contribution in [2.45, 2.75) is 19.3 Å². The Morgan fingerprint density at radius 2 is 1.82 bits per heavy atom. The molecule has 0 bridgehead atoms. The van der Waals surface area contributed by atoms with Gasteiger partial charge in [0.1, 0.15) is 5.82 Å². The predicted octanol–water partition coefficient (Wildman–Crippen LogP) is 0.299. The fraction of sp³-hybridized carbons (Fsp3) is 0.667. The molecule has 0 saturated carbocycles. The van der Waals surface area contributed by atoms with E-state index in [1.165, 1.54) is 17.7 Å². The molecule has 2 heterocycles. The molecule has 1 aliphatic heterocycles. The number of likely N-dealkylation sites (N-methyl/N-ethyl adjacent to an activating group) is 1. The summed E-state index contributed by atoms with van der Waals surface area (Å²) < 4.78 is 0. The maximum Gasteiger partial charge on any atom is 0.227 e. The lowest BCUT2D eigenvalue weighted by molar-refractivity contribution is 0.311. The SMILES string of the molecule is CN1CCN(c2nc(N)c3c(n2)CCC3)CC1. The summed E-state index contributed by atoms with van der Waals surface area (Å²) in [7, 11) is 2.15. The monoisotopic (exact) mass is 233 g/mol. The molecule has 1 aromatic heterocycles. The molecule has 0 atom stereocenters. The first-order chi connectivity index (χ1) is 8.24. The molecule has 1 saturated heterocycles. The maximum atomic E-state index is 6.02. The average molecular weight is 233 g/mol. The van der Waals surface area contributed by atoms with Crippen molar-refractivity contribution in [2.75, 3.05) is 43.9 Å². The van der Waals surface area contributed by atoms with E-state index in [1.807, 2.05) is 0 Å². The van der Waals surface area contributed by atoms with Crippen LogP contribution in [0.2, 0.25) is 0 Å². The molecule has 5 nitrogen and oxygen atoms in total. The number of aromatic nitrogens is 2. The summed E-state index contributed by atoms with van der Waals surface area (Å²) in [5.74, 6) is 1.53. The third kappa shape index (κ3) is 1.95. The fourth-order valence-corrected chi connectivity index (χ4v) is 2.60. The average Bonchev–Trinajstić information content (AvgIpc) is 2.78. The summed E-state index contributed by atoms with van der Waals surface area (Å²) in [6.07, 6.45) is 3.27. The van der Waals surface area contributed by atoms with Crippen molar-refractivity contribution in [1.82, 2.24) is 14.9 Å². The molecular weight excluding hydrogens is 214 g/mol. The molecule has 0 unspecified atom stereocenters. The van der Waals surface area contributed by atoms with Gasteiger partial charge in [-0.3, -0.25) is 0 Å². The standard InChI is InChI=1S/C12H19N5/c1-16-5-7-17(8-6-16)12-14-10-4-2-3-9(10)11(13)15-12/h2-8H2,1H3,(H2,13,14,15). The summed E-state index contributed by atoms with van der Waals surface area (Å²) in [4.78, 5) is 13.7. The van der Waals surface area contributed by atoms with Crippen molar-refractivity contribution in [3.8, 4) is 0 Å². The van der Waals surface area contributed by atoms with Crippen LogP contribution in [0.4, 0.5) is 11.8 Å². The van der Waals surface area contributed by atoms with Crippen molar-refractivity contribution >= 4 is 11.8 Å². The molecule has 0 radical (unpaired) electrons. The minimum atomic E-state index is 0.696. The Morgan fingerprint density at radius 3 is 2.59 bits per heavy atom. The molecular formula is C12H19N5. The highest BCUT2D eigenvalue weighted by molar-refractivity contribution is 5.50. The second kappa shape index (κ2) is 4.14. The van der Waals surface area contributed by atoms with Crippen LogP contribution in [-0.2, 0) is 12.8 Å². The number of nitrogen functional groups attached to an aromatic ring is 1. The number of nitrogens with two attached hydrogens (primary N) is 1.